The predicted molar refractivity (Wildman–Crippen MR) is 97.9 cm³/mol. The molecule has 25 heavy (non-hydrogen) atoms. The van der Waals surface area contributed by atoms with Crippen LogP contribution in [0.1, 0.15) is 6.42 Å². The molecule has 1 unspecified atom stereocenters. The van der Waals surface area contributed by atoms with E-state index in [1.807, 2.05) is 37.2 Å². The molecule has 0 fully saturated rings. The van der Waals surface area contributed by atoms with Crippen molar-refractivity contribution in [1.29, 1.82) is 0 Å². The Labute approximate surface area is 145 Å². The number of non-ortho nitro benzene ring substituents is 1. The molecule has 0 aliphatic rings. The number of benzene rings is 2. The second-order valence-electron chi connectivity index (χ2n) is 6.26. The lowest BCUT2D eigenvalue weighted by Crippen LogP contribution is -3.02. The Morgan fingerprint density at radius 3 is 2.56 bits per heavy atom. The summed E-state index contributed by atoms with van der Waals surface area (Å²) in [6, 6.07) is 12.0. The van der Waals surface area contributed by atoms with Gasteiger partial charge in [0.2, 0.25) is 0 Å². The summed E-state index contributed by atoms with van der Waals surface area (Å²) in [6.07, 6.45) is 0.699. The maximum Gasteiger partial charge on any atom is 0.284 e. The van der Waals surface area contributed by atoms with Gasteiger partial charge in [-0.2, -0.15) is 0 Å². The molecule has 2 aromatic carbocycles. The van der Waals surface area contributed by atoms with E-state index in [1.165, 1.54) is 6.07 Å². The van der Waals surface area contributed by atoms with E-state index in [-0.39, 0.29) is 10.8 Å². The minimum absolute atomic E-state index is 0.0771. The van der Waals surface area contributed by atoms with Gasteiger partial charge in [-0.3, -0.25) is 10.1 Å². The Morgan fingerprint density at radius 2 is 1.84 bits per heavy atom. The largest absolute Gasteiger partial charge is 0.629 e. The minimum atomic E-state index is -0.449. The first kappa shape index (κ1) is 17.2. The maximum absolute atomic E-state index is 13.0. The van der Waals surface area contributed by atoms with Gasteiger partial charge < -0.3 is 15.2 Å². The zero-order chi connectivity index (χ0) is 18.0. The number of nitro groups is 1. The number of hydrogen-bond donors (Lipinski definition) is 1. The third-order valence-corrected chi connectivity index (χ3v) is 4.17. The number of pyridine rings is 1. The van der Waals surface area contributed by atoms with Crippen LogP contribution in [0.25, 0.3) is 21.8 Å². The topological polar surface area (TPSA) is 86.8 Å². The Bertz CT molecular complexity index is 927. The van der Waals surface area contributed by atoms with Crippen molar-refractivity contribution in [2.24, 2.45) is 0 Å². The molecule has 0 saturated carbocycles. The molecular formula is C18H20N4O3. The highest BCUT2D eigenvalue weighted by atomic mass is 16.6. The second kappa shape index (κ2) is 7.10. The first-order valence-corrected chi connectivity index (χ1v) is 8.13. The number of quaternary nitrogens is 1. The van der Waals surface area contributed by atoms with Gasteiger partial charge in [0, 0.05) is 19.0 Å². The van der Waals surface area contributed by atoms with Crippen LogP contribution in [0.3, 0.4) is 0 Å². The molecule has 0 spiro atoms. The lowest BCUT2D eigenvalue weighted by atomic mass is 10.1. The molecule has 0 bridgehead atoms. The van der Waals surface area contributed by atoms with Crippen molar-refractivity contribution >= 4 is 33.2 Å². The average molecular weight is 340 g/mol. The normalized spacial score (nSPS) is 12.8. The maximum atomic E-state index is 13.0. The van der Waals surface area contributed by atoms with Crippen molar-refractivity contribution < 1.29 is 9.99 Å². The monoisotopic (exact) mass is 340 g/mol. The number of nitrogens with zero attached hydrogens (tertiary/aromatic N) is 3. The number of nitro benzene ring substituents is 1. The van der Waals surface area contributed by atoms with E-state index >= 15 is 0 Å². The van der Waals surface area contributed by atoms with Crippen molar-refractivity contribution in [2.75, 3.05) is 27.2 Å². The summed E-state index contributed by atoms with van der Waals surface area (Å²) in [5.74, 6) is 0. The zero-order valence-corrected chi connectivity index (χ0v) is 14.2. The summed E-state index contributed by atoms with van der Waals surface area (Å²) in [5, 5.41) is 25.4. The first-order valence-electron chi connectivity index (χ1n) is 8.13. The highest BCUT2D eigenvalue weighted by Crippen LogP contribution is 2.34. The van der Waals surface area contributed by atoms with Crippen molar-refractivity contribution in [3.63, 3.8) is 0 Å². The van der Waals surface area contributed by atoms with Crippen molar-refractivity contribution in [3.8, 4) is 0 Å². The molecule has 0 aliphatic heterocycles. The number of hydroxylamine groups is 1. The Hall–Kier alpha value is -2.61. The van der Waals surface area contributed by atoms with Crippen LogP contribution in [-0.2, 0) is 0 Å². The lowest BCUT2D eigenvalue weighted by molar-refractivity contribution is -0.774. The molecule has 7 heteroatoms. The van der Waals surface area contributed by atoms with Gasteiger partial charge in [0.1, 0.15) is 5.39 Å². The van der Waals surface area contributed by atoms with Gasteiger partial charge in [-0.15, -0.1) is 0 Å². The van der Waals surface area contributed by atoms with Gasteiger partial charge in [0.05, 0.1) is 27.9 Å². The van der Waals surface area contributed by atoms with Crippen molar-refractivity contribution in [2.45, 2.75) is 6.42 Å². The van der Waals surface area contributed by atoms with Crippen molar-refractivity contribution in [1.82, 2.24) is 9.88 Å². The molecule has 1 heterocycles. The molecule has 0 saturated heterocycles. The fourth-order valence-electron chi connectivity index (χ4n) is 3.05. The van der Waals surface area contributed by atoms with Crippen LogP contribution in [0, 0.1) is 15.3 Å². The van der Waals surface area contributed by atoms with Gasteiger partial charge in [-0.25, -0.2) is 4.98 Å². The highest BCUT2D eigenvalue weighted by Gasteiger charge is 2.23. The number of nitrogens with one attached hydrogen (secondary N) is 1. The van der Waals surface area contributed by atoms with Gasteiger partial charge in [-0.05, 0) is 32.3 Å². The standard InChI is InChI=1S/C18H20N4O3/c1-20(2)11-6-12-21(23)18-13-7-3-4-8-14(13)19-15-9-5-10-16(17(15)18)22(24)25/h3-5,7-10,21H,6,11-12H2,1-2H3. The van der Waals surface area contributed by atoms with Crippen LogP contribution in [-0.4, -0.2) is 42.0 Å². The van der Waals surface area contributed by atoms with Gasteiger partial charge in [-0.1, -0.05) is 18.2 Å². The van der Waals surface area contributed by atoms with Crippen LogP contribution in [0.5, 0.6) is 0 Å². The molecule has 3 aromatic rings. The summed E-state index contributed by atoms with van der Waals surface area (Å²) >= 11 is 0. The molecular weight excluding hydrogens is 320 g/mol. The predicted octanol–water partition coefficient (Wildman–Crippen LogP) is 2.26. The molecule has 7 nitrogen and oxygen atoms in total. The smallest absolute Gasteiger partial charge is 0.284 e. The van der Waals surface area contributed by atoms with E-state index in [0.717, 1.165) is 6.54 Å². The Kier molecular flexibility index (Phi) is 4.89. The van der Waals surface area contributed by atoms with E-state index in [2.05, 4.69) is 4.98 Å². The van der Waals surface area contributed by atoms with E-state index < -0.39 is 4.92 Å². The van der Waals surface area contributed by atoms with Crippen LogP contribution < -0.4 is 5.06 Å². The Balaban J connectivity index is 2.22. The molecule has 0 radical (unpaired) electrons. The van der Waals surface area contributed by atoms with E-state index in [1.54, 1.807) is 18.2 Å². The van der Waals surface area contributed by atoms with E-state index in [0.29, 0.717) is 40.5 Å². The second-order valence-corrected chi connectivity index (χ2v) is 6.26. The average Bonchev–Trinajstić information content (AvgIpc) is 2.58. The number of aromatic nitrogens is 1. The number of hydrogen-bond acceptors (Lipinski definition) is 5. The third-order valence-electron chi connectivity index (χ3n) is 4.17. The molecule has 1 aromatic heterocycles. The molecule has 1 atom stereocenters. The zero-order valence-electron chi connectivity index (χ0n) is 14.2. The van der Waals surface area contributed by atoms with Gasteiger partial charge >= 0.3 is 0 Å². The first-order chi connectivity index (χ1) is 12.0. The number of fused-ring (bicyclic) bond motifs is 2. The third kappa shape index (κ3) is 3.43. The summed E-state index contributed by atoms with van der Waals surface area (Å²) in [5.41, 5.74) is 1.48. The van der Waals surface area contributed by atoms with E-state index in [4.69, 9.17) is 0 Å². The summed E-state index contributed by atoms with van der Waals surface area (Å²) < 4.78 is 0. The van der Waals surface area contributed by atoms with Crippen LogP contribution >= 0.6 is 0 Å². The number of rotatable bonds is 6. The summed E-state index contributed by atoms with van der Waals surface area (Å²) in [6.45, 7) is 1.13. The lowest BCUT2D eigenvalue weighted by Gasteiger charge is -2.25. The molecule has 0 amide bonds. The van der Waals surface area contributed by atoms with Crippen LogP contribution in [0.15, 0.2) is 42.5 Å². The van der Waals surface area contributed by atoms with Gasteiger partial charge in [0.15, 0.2) is 5.69 Å². The van der Waals surface area contributed by atoms with Crippen LogP contribution in [0.4, 0.5) is 11.4 Å². The fraction of sp³-hybridized carbons (Fsp3) is 0.278. The molecule has 3 rings (SSSR count). The minimum Gasteiger partial charge on any atom is -0.629 e. The SMILES string of the molecule is CN(C)CCC[NH+]([O-])c1c2ccccc2nc2cccc([N+](=O)[O-])c12. The van der Waals surface area contributed by atoms with Gasteiger partial charge in [0.25, 0.3) is 5.69 Å². The highest BCUT2D eigenvalue weighted by molar-refractivity contribution is 6.07. The molecule has 0 aliphatic carbocycles. The van der Waals surface area contributed by atoms with E-state index in [9.17, 15) is 15.3 Å². The quantitative estimate of drug-likeness (QED) is 0.422. The van der Waals surface area contributed by atoms with Crippen molar-refractivity contribution in [3.05, 3.63) is 57.8 Å². The molecule has 130 valence electrons. The number of para-hydroxylation sites is 1. The molecule has 1 N–H and O–H groups in total. The summed E-state index contributed by atoms with van der Waals surface area (Å²) in [4.78, 5) is 17.6. The van der Waals surface area contributed by atoms with Crippen LogP contribution in [0.2, 0.25) is 0 Å². The Morgan fingerprint density at radius 1 is 1.12 bits per heavy atom. The fourth-order valence-corrected chi connectivity index (χ4v) is 3.05. The summed E-state index contributed by atoms with van der Waals surface area (Å²) in [7, 11) is 3.90.